The molecular formula is C2H3Cl2NS. The van der Waals surface area contributed by atoms with Gasteiger partial charge in [0.05, 0.1) is 0 Å². The lowest BCUT2D eigenvalue weighted by Crippen LogP contribution is -1.60. The van der Waals surface area contributed by atoms with Crippen LogP contribution in [0, 0.1) is 0 Å². The van der Waals surface area contributed by atoms with Gasteiger partial charge in [0, 0.05) is 6.26 Å². The van der Waals surface area contributed by atoms with Gasteiger partial charge < -0.3 is 0 Å². The monoisotopic (exact) mass is 143 g/mol. The fourth-order valence-corrected chi connectivity index (χ4v) is 0.621. The van der Waals surface area contributed by atoms with Gasteiger partial charge in [-0.25, -0.2) is 0 Å². The topological polar surface area (TPSA) is 12.4 Å². The van der Waals surface area contributed by atoms with E-state index in [2.05, 4.69) is 4.40 Å². The maximum atomic E-state index is 5.07. The van der Waals surface area contributed by atoms with Crippen LogP contribution in [-0.4, -0.2) is 10.9 Å². The van der Waals surface area contributed by atoms with Gasteiger partial charge in [0.15, 0.2) is 0 Å². The fraction of sp³-hybridized carbons (Fsp3) is 0.500. The second-order valence-electron chi connectivity index (χ2n) is 0.514. The van der Waals surface area contributed by atoms with E-state index in [0.29, 0.717) is 0 Å². The van der Waals surface area contributed by atoms with Crippen LogP contribution in [0.15, 0.2) is 4.40 Å². The predicted molar refractivity (Wildman–Crippen MR) is 32.7 cm³/mol. The maximum absolute atomic E-state index is 5.07. The van der Waals surface area contributed by atoms with Gasteiger partial charge in [0.25, 0.3) is 0 Å². The molecule has 36 valence electrons. The molecule has 0 fully saturated rings. The Bertz CT molecular complexity index is 58.6. The highest BCUT2D eigenvalue weighted by atomic mass is 35.5. The fourth-order valence-electron chi connectivity index (χ4n) is 0.0690. The summed E-state index contributed by atoms with van der Waals surface area (Å²) >= 11 is 11.4. The molecule has 0 atom stereocenters. The molecule has 0 spiro atoms. The standard InChI is InChI=1S/C2H3Cl2NS/c1-6-5-2(3)4/h1H3. The Labute approximate surface area is 50.9 Å². The van der Waals surface area contributed by atoms with E-state index in [9.17, 15) is 0 Å². The summed E-state index contributed by atoms with van der Waals surface area (Å²) in [6, 6.07) is 0. The second kappa shape index (κ2) is 3.78. The Hall–Kier alpha value is 0.600. The molecule has 0 aromatic carbocycles. The van der Waals surface area contributed by atoms with E-state index in [0.717, 1.165) is 0 Å². The van der Waals surface area contributed by atoms with Crippen molar-refractivity contribution in [2.75, 3.05) is 6.26 Å². The third kappa shape index (κ3) is 4.60. The lowest BCUT2D eigenvalue weighted by Gasteiger charge is -1.74. The van der Waals surface area contributed by atoms with E-state index in [4.69, 9.17) is 23.2 Å². The van der Waals surface area contributed by atoms with Gasteiger partial charge in [0.1, 0.15) is 0 Å². The summed E-state index contributed by atoms with van der Waals surface area (Å²) in [5.41, 5.74) is 0. The highest BCUT2D eigenvalue weighted by Crippen LogP contribution is 1.99. The van der Waals surface area contributed by atoms with Crippen molar-refractivity contribution >= 4 is 39.8 Å². The largest absolute Gasteiger partial charge is 0.203 e. The molecule has 0 unspecified atom stereocenters. The molecule has 0 aliphatic rings. The van der Waals surface area contributed by atoms with Crippen LogP contribution in [0.3, 0.4) is 0 Å². The van der Waals surface area contributed by atoms with E-state index >= 15 is 0 Å². The zero-order chi connectivity index (χ0) is 4.99. The van der Waals surface area contributed by atoms with Gasteiger partial charge in [-0.2, -0.15) is 4.40 Å². The van der Waals surface area contributed by atoms with Gasteiger partial charge in [-0.15, -0.1) is 0 Å². The predicted octanol–water partition coefficient (Wildman–Crippen LogP) is 2.10. The van der Waals surface area contributed by atoms with Crippen molar-refractivity contribution in [3.63, 3.8) is 0 Å². The molecule has 0 aliphatic carbocycles. The molecule has 0 heterocycles. The number of hydrogen-bond donors (Lipinski definition) is 0. The smallest absolute Gasteiger partial charge is 0.192 e. The lowest BCUT2D eigenvalue weighted by atomic mass is 11.7. The van der Waals surface area contributed by atoms with Gasteiger partial charge in [0.2, 0.25) is 4.63 Å². The summed E-state index contributed by atoms with van der Waals surface area (Å²) in [5.74, 6) is 0. The van der Waals surface area contributed by atoms with Crippen molar-refractivity contribution in [1.29, 1.82) is 0 Å². The molecule has 0 rings (SSSR count). The highest BCUT2D eigenvalue weighted by Gasteiger charge is 1.76. The van der Waals surface area contributed by atoms with E-state index in [1.165, 1.54) is 11.9 Å². The number of rotatable bonds is 1. The molecule has 0 aromatic rings. The molecule has 0 radical (unpaired) electrons. The average Bonchev–Trinajstić information content (AvgIpc) is 1.35. The lowest BCUT2D eigenvalue weighted by molar-refractivity contribution is 1.99. The Morgan fingerprint density at radius 3 is 2.17 bits per heavy atom. The first kappa shape index (κ1) is 6.60. The van der Waals surface area contributed by atoms with Crippen LogP contribution >= 0.6 is 35.1 Å². The van der Waals surface area contributed by atoms with E-state index < -0.39 is 0 Å². The third-order valence-corrected chi connectivity index (χ3v) is 0.895. The van der Waals surface area contributed by atoms with Crippen LogP contribution in [0.5, 0.6) is 0 Å². The molecule has 0 N–H and O–H groups in total. The SMILES string of the molecule is CSN=C(Cl)Cl. The van der Waals surface area contributed by atoms with Crippen LogP contribution in [0.1, 0.15) is 0 Å². The second-order valence-corrected chi connectivity index (χ2v) is 1.97. The third-order valence-electron chi connectivity index (χ3n) is 0.160. The van der Waals surface area contributed by atoms with Crippen LogP contribution in [-0.2, 0) is 0 Å². The van der Waals surface area contributed by atoms with Gasteiger partial charge in [-0.1, -0.05) is 0 Å². The summed E-state index contributed by atoms with van der Waals surface area (Å²) in [5, 5.41) is 0. The minimum Gasteiger partial charge on any atom is -0.192 e. The van der Waals surface area contributed by atoms with Gasteiger partial charge >= 0.3 is 0 Å². The molecule has 0 aliphatic heterocycles. The highest BCUT2D eigenvalue weighted by molar-refractivity contribution is 7.97. The summed E-state index contributed by atoms with van der Waals surface area (Å²) in [7, 11) is 0. The van der Waals surface area contributed by atoms with Crippen molar-refractivity contribution in [1.82, 2.24) is 0 Å². The first-order valence-corrected chi connectivity index (χ1v) is 3.13. The Balaban J connectivity index is 3.14. The summed E-state index contributed by atoms with van der Waals surface area (Å²) in [6.07, 6.45) is 1.78. The molecule has 0 aromatic heterocycles. The van der Waals surface area contributed by atoms with Crippen molar-refractivity contribution in [2.24, 2.45) is 4.40 Å². The Morgan fingerprint density at radius 1 is 1.67 bits per heavy atom. The number of halogens is 2. The van der Waals surface area contributed by atoms with E-state index in [1.807, 2.05) is 0 Å². The number of nitrogens with zero attached hydrogens (tertiary/aromatic N) is 1. The zero-order valence-corrected chi connectivity index (χ0v) is 5.44. The molecule has 6 heavy (non-hydrogen) atoms. The summed E-state index contributed by atoms with van der Waals surface area (Å²) < 4.78 is 3.56. The average molecular weight is 144 g/mol. The number of hydrogen-bond acceptors (Lipinski definition) is 2. The molecule has 0 amide bonds. The first-order chi connectivity index (χ1) is 2.77. The Morgan fingerprint density at radius 2 is 2.17 bits per heavy atom. The minimum atomic E-state index is 0.0718. The summed E-state index contributed by atoms with van der Waals surface area (Å²) in [4.78, 5) is 0. The van der Waals surface area contributed by atoms with Gasteiger partial charge in [-0.3, -0.25) is 0 Å². The molecule has 0 saturated carbocycles. The normalized spacial score (nSPS) is 7.83. The molecule has 4 heteroatoms. The molecular weight excluding hydrogens is 141 g/mol. The van der Waals surface area contributed by atoms with Crippen molar-refractivity contribution in [3.05, 3.63) is 0 Å². The first-order valence-electron chi connectivity index (χ1n) is 1.19. The van der Waals surface area contributed by atoms with Crippen molar-refractivity contribution < 1.29 is 0 Å². The summed E-state index contributed by atoms with van der Waals surface area (Å²) in [6.45, 7) is 0. The van der Waals surface area contributed by atoms with Crippen LogP contribution in [0.4, 0.5) is 0 Å². The van der Waals surface area contributed by atoms with E-state index in [-0.39, 0.29) is 4.63 Å². The van der Waals surface area contributed by atoms with Crippen molar-refractivity contribution in [2.45, 2.75) is 0 Å². The van der Waals surface area contributed by atoms with Crippen LogP contribution < -0.4 is 0 Å². The molecule has 1 nitrogen and oxygen atoms in total. The Kier molecular flexibility index (Phi) is 4.16. The quantitative estimate of drug-likeness (QED) is 0.405. The van der Waals surface area contributed by atoms with Crippen LogP contribution in [0.2, 0.25) is 0 Å². The maximum Gasteiger partial charge on any atom is 0.203 e. The zero-order valence-electron chi connectivity index (χ0n) is 3.11. The minimum absolute atomic E-state index is 0.0718. The van der Waals surface area contributed by atoms with Crippen LogP contribution in [0.25, 0.3) is 0 Å². The van der Waals surface area contributed by atoms with Gasteiger partial charge in [-0.05, 0) is 35.1 Å². The molecule has 0 bridgehead atoms. The molecule has 0 saturated heterocycles. The van der Waals surface area contributed by atoms with E-state index in [1.54, 1.807) is 6.26 Å². The van der Waals surface area contributed by atoms with Crippen molar-refractivity contribution in [3.8, 4) is 0 Å².